The van der Waals surface area contributed by atoms with E-state index in [1.807, 2.05) is 51.1 Å². The average Bonchev–Trinajstić information content (AvgIpc) is 2.75. The lowest BCUT2D eigenvalue weighted by Gasteiger charge is -2.19. The fourth-order valence-corrected chi connectivity index (χ4v) is 3.99. The van der Waals surface area contributed by atoms with Crippen molar-refractivity contribution in [1.82, 2.24) is 0 Å². The van der Waals surface area contributed by atoms with Crippen LogP contribution in [0.5, 0.6) is 5.75 Å². The van der Waals surface area contributed by atoms with E-state index in [0.717, 1.165) is 28.3 Å². The van der Waals surface area contributed by atoms with Crippen molar-refractivity contribution in [2.75, 3.05) is 5.32 Å². The lowest BCUT2D eigenvalue weighted by atomic mass is 10.1. The molecule has 0 heterocycles. The molecule has 156 valence electrons. The predicted molar refractivity (Wildman–Crippen MR) is 126 cm³/mol. The van der Waals surface area contributed by atoms with E-state index in [9.17, 15) is 4.79 Å². The van der Waals surface area contributed by atoms with Crippen LogP contribution < -0.4 is 10.1 Å². The van der Waals surface area contributed by atoms with E-state index in [4.69, 9.17) is 4.74 Å². The van der Waals surface area contributed by atoms with Gasteiger partial charge < -0.3 is 10.1 Å². The van der Waals surface area contributed by atoms with E-state index in [0.29, 0.717) is 6.42 Å². The van der Waals surface area contributed by atoms with E-state index >= 15 is 0 Å². The molecule has 0 aromatic heterocycles. The topological polar surface area (TPSA) is 38.3 Å². The molecule has 0 aliphatic rings. The highest BCUT2D eigenvalue weighted by Gasteiger charge is 2.19. The van der Waals surface area contributed by atoms with Crippen LogP contribution in [0.4, 0.5) is 5.69 Å². The molecule has 3 aromatic carbocycles. The molecule has 0 fully saturated rings. The highest BCUT2D eigenvalue weighted by Crippen LogP contribution is 2.25. The molecule has 0 aliphatic carbocycles. The van der Waals surface area contributed by atoms with Crippen molar-refractivity contribution in [3.63, 3.8) is 0 Å². The second-order valence-electron chi connectivity index (χ2n) is 7.50. The second-order valence-corrected chi connectivity index (χ2v) is 8.55. The number of anilines is 1. The number of aryl methyl sites for hydroxylation is 3. The van der Waals surface area contributed by atoms with Crippen molar-refractivity contribution in [2.24, 2.45) is 0 Å². The van der Waals surface area contributed by atoms with Crippen molar-refractivity contribution >= 4 is 23.4 Å². The molecule has 0 unspecified atom stereocenters. The first-order valence-electron chi connectivity index (χ1n) is 10.3. The molecule has 3 rings (SSSR count). The van der Waals surface area contributed by atoms with Crippen molar-refractivity contribution < 1.29 is 9.53 Å². The summed E-state index contributed by atoms with van der Waals surface area (Å²) in [6.07, 6.45) is 0.0729. The van der Waals surface area contributed by atoms with Crippen molar-refractivity contribution in [2.45, 2.75) is 50.9 Å². The van der Waals surface area contributed by atoms with Gasteiger partial charge >= 0.3 is 0 Å². The Morgan fingerprint density at radius 1 is 0.933 bits per heavy atom. The Balaban J connectivity index is 1.62. The molecule has 0 saturated carbocycles. The molecule has 1 N–H and O–H groups in total. The minimum Gasteiger partial charge on any atom is -0.481 e. The molecule has 1 amide bonds. The molecule has 0 aliphatic heterocycles. The maximum atomic E-state index is 12.8. The van der Waals surface area contributed by atoms with Gasteiger partial charge in [0.2, 0.25) is 0 Å². The Bertz CT molecular complexity index is 1000. The summed E-state index contributed by atoms with van der Waals surface area (Å²) in [5.74, 6) is 1.50. The first-order chi connectivity index (χ1) is 14.5. The summed E-state index contributed by atoms with van der Waals surface area (Å²) in [5, 5.41) is 3.04. The standard InChI is InChI=1S/C26H29NO2S/c1-5-25(29-22-13-11-18(2)19(3)16-22)26(28)27-24-14-12-21(15-20(24)4)17-30-23-9-7-6-8-10-23/h6-16,25H,5,17H2,1-4H3,(H,27,28)/t25-/m0/s1. The van der Waals surface area contributed by atoms with E-state index in [1.165, 1.54) is 16.0 Å². The average molecular weight is 420 g/mol. The molecule has 4 heteroatoms. The number of ether oxygens (including phenoxy) is 1. The number of carbonyl (C=O) groups is 1. The van der Waals surface area contributed by atoms with Gasteiger partial charge in [-0.3, -0.25) is 4.79 Å². The number of benzene rings is 3. The van der Waals surface area contributed by atoms with Crippen molar-refractivity contribution in [3.05, 3.63) is 89.0 Å². The van der Waals surface area contributed by atoms with Crippen LogP contribution in [-0.2, 0) is 10.5 Å². The number of hydrogen-bond donors (Lipinski definition) is 1. The normalized spacial score (nSPS) is 11.7. The van der Waals surface area contributed by atoms with Gasteiger partial charge in [-0.15, -0.1) is 11.8 Å². The van der Waals surface area contributed by atoms with E-state index in [2.05, 4.69) is 48.6 Å². The summed E-state index contributed by atoms with van der Waals surface area (Å²) >= 11 is 1.81. The van der Waals surface area contributed by atoms with Crippen LogP contribution in [0.25, 0.3) is 0 Å². The predicted octanol–water partition coefficient (Wildman–Crippen LogP) is 6.70. The number of amides is 1. The van der Waals surface area contributed by atoms with Crippen molar-refractivity contribution in [1.29, 1.82) is 0 Å². The van der Waals surface area contributed by atoms with Crippen molar-refractivity contribution in [3.8, 4) is 5.75 Å². The monoisotopic (exact) mass is 419 g/mol. The van der Waals surface area contributed by atoms with E-state index in [1.54, 1.807) is 11.8 Å². The minimum atomic E-state index is -0.528. The van der Waals surface area contributed by atoms with Gasteiger partial charge in [-0.1, -0.05) is 43.3 Å². The zero-order chi connectivity index (χ0) is 21.5. The summed E-state index contributed by atoms with van der Waals surface area (Å²) in [5.41, 5.74) is 5.48. The minimum absolute atomic E-state index is 0.120. The second kappa shape index (κ2) is 10.4. The molecule has 3 nitrogen and oxygen atoms in total. The highest BCUT2D eigenvalue weighted by molar-refractivity contribution is 7.98. The summed E-state index contributed by atoms with van der Waals surface area (Å²) in [4.78, 5) is 14.1. The van der Waals surface area contributed by atoms with Crippen LogP contribution >= 0.6 is 11.8 Å². The van der Waals surface area contributed by atoms with E-state index < -0.39 is 6.10 Å². The lowest BCUT2D eigenvalue weighted by Crippen LogP contribution is -2.32. The molecule has 0 bridgehead atoms. The Hall–Kier alpha value is -2.72. The molecule has 0 radical (unpaired) electrons. The molecular formula is C26H29NO2S. The zero-order valence-corrected chi connectivity index (χ0v) is 18.9. The van der Waals surface area contributed by atoms with Gasteiger partial charge in [0, 0.05) is 16.3 Å². The van der Waals surface area contributed by atoms with Gasteiger partial charge in [0.1, 0.15) is 5.75 Å². The largest absolute Gasteiger partial charge is 0.481 e. The van der Waals surface area contributed by atoms with Gasteiger partial charge in [-0.05, 0) is 79.8 Å². The molecule has 0 spiro atoms. The zero-order valence-electron chi connectivity index (χ0n) is 18.1. The lowest BCUT2D eigenvalue weighted by molar-refractivity contribution is -0.122. The van der Waals surface area contributed by atoms with Gasteiger partial charge in [0.05, 0.1) is 0 Å². The summed E-state index contributed by atoms with van der Waals surface area (Å²) < 4.78 is 5.97. The Labute approximate surface area is 183 Å². The first kappa shape index (κ1) is 22.0. The summed E-state index contributed by atoms with van der Waals surface area (Å²) in [7, 11) is 0. The third-order valence-electron chi connectivity index (χ3n) is 5.12. The van der Waals surface area contributed by atoms with Crippen LogP contribution in [0.3, 0.4) is 0 Å². The van der Waals surface area contributed by atoms with Gasteiger partial charge in [0.25, 0.3) is 5.91 Å². The fraction of sp³-hybridized carbons (Fsp3) is 0.269. The number of thioether (sulfide) groups is 1. The Morgan fingerprint density at radius 3 is 2.37 bits per heavy atom. The maximum Gasteiger partial charge on any atom is 0.265 e. The summed E-state index contributed by atoms with van der Waals surface area (Å²) in [6, 6.07) is 22.5. The SMILES string of the molecule is CC[C@H](Oc1ccc(C)c(C)c1)C(=O)Nc1ccc(CSc2ccccc2)cc1C. The fourth-order valence-electron chi connectivity index (χ4n) is 3.13. The van der Waals surface area contributed by atoms with Crippen LogP contribution in [-0.4, -0.2) is 12.0 Å². The van der Waals surface area contributed by atoms with Crippen LogP contribution in [0, 0.1) is 20.8 Å². The Morgan fingerprint density at radius 2 is 1.70 bits per heavy atom. The van der Waals surface area contributed by atoms with Crippen LogP contribution in [0.1, 0.15) is 35.6 Å². The number of hydrogen-bond acceptors (Lipinski definition) is 3. The third kappa shape index (κ3) is 5.90. The molecule has 1 atom stereocenters. The highest BCUT2D eigenvalue weighted by atomic mass is 32.2. The van der Waals surface area contributed by atoms with Gasteiger partial charge in [0.15, 0.2) is 6.10 Å². The molecule has 3 aromatic rings. The maximum absolute atomic E-state index is 12.8. The molecule has 0 saturated heterocycles. The summed E-state index contributed by atoms with van der Waals surface area (Å²) in [6.45, 7) is 8.09. The van der Waals surface area contributed by atoms with Gasteiger partial charge in [-0.25, -0.2) is 0 Å². The van der Waals surface area contributed by atoms with Gasteiger partial charge in [-0.2, -0.15) is 0 Å². The third-order valence-corrected chi connectivity index (χ3v) is 6.20. The van der Waals surface area contributed by atoms with Crippen LogP contribution in [0.15, 0.2) is 71.6 Å². The molecular weight excluding hydrogens is 390 g/mol. The number of nitrogens with one attached hydrogen (secondary N) is 1. The number of carbonyl (C=O) groups excluding carboxylic acids is 1. The Kier molecular flexibility index (Phi) is 7.58. The smallest absolute Gasteiger partial charge is 0.265 e. The first-order valence-corrected chi connectivity index (χ1v) is 11.3. The van der Waals surface area contributed by atoms with Crippen LogP contribution in [0.2, 0.25) is 0 Å². The molecule has 30 heavy (non-hydrogen) atoms. The quantitative estimate of drug-likeness (QED) is 0.413. The van der Waals surface area contributed by atoms with E-state index in [-0.39, 0.29) is 5.91 Å². The number of rotatable bonds is 8.